The number of nitrogens with one attached hydrogen (secondary N) is 1. The summed E-state index contributed by atoms with van der Waals surface area (Å²) in [6.45, 7) is 6.73. The Balaban J connectivity index is 1.33. The summed E-state index contributed by atoms with van der Waals surface area (Å²) in [6, 6.07) is 21.8. The van der Waals surface area contributed by atoms with Gasteiger partial charge in [-0.1, -0.05) is 42.0 Å². The highest BCUT2D eigenvalue weighted by atomic mass is 16.5. The van der Waals surface area contributed by atoms with E-state index in [4.69, 9.17) is 9.73 Å². The Labute approximate surface area is 188 Å². The van der Waals surface area contributed by atoms with Crippen LogP contribution >= 0.6 is 0 Å². The number of carbonyl (C=O) groups is 1. The lowest BCUT2D eigenvalue weighted by atomic mass is 10.1. The highest BCUT2D eigenvalue weighted by molar-refractivity contribution is 6.04. The maximum atomic E-state index is 12.9. The van der Waals surface area contributed by atoms with E-state index in [-0.39, 0.29) is 6.03 Å². The van der Waals surface area contributed by atoms with Gasteiger partial charge in [-0.3, -0.25) is 0 Å². The third-order valence-electron chi connectivity index (χ3n) is 5.93. The quantitative estimate of drug-likeness (QED) is 0.572. The fraction of sp³-hybridized carbons (Fsp3) is 0.231. The van der Waals surface area contributed by atoms with Crippen LogP contribution in [0.3, 0.4) is 0 Å². The molecule has 3 aromatic rings. The molecule has 0 radical (unpaired) electrons. The number of amides is 2. The van der Waals surface area contributed by atoms with Crippen molar-refractivity contribution in [1.29, 1.82) is 0 Å². The molecule has 0 aromatic heterocycles. The molecule has 2 aliphatic heterocycles. The lowest BCUT2D eigenvalue weighted by Gasteiger charge is -2.36. The van der Waals surface area contributed by atoms with E-state index >= 15 is 0 Å². The molecule has 0 unspecified atom stereocenters. The molecule has 6 nitrogen and oxygen atoms in total. The summed E-state index contributed by atoms with van der Waals surface area (Å²) in [5.74, 6) is 2.44. The van der Waals surface area contributed by atoms with Crippen molar-refractivity contribution in [2.24, 2.45) is 4.99 Å². The first-order valence-electron chi connectivity index (χ1n) is 10.9. The minimum Gasteiger partial charge on any atom is -0.454 e. The van der Waals surface area contributed by atoms with Crippen molar-refractivity contribution in [1.82, 2.24) is 9.80 Å². The van der Waals surface area contributed by atoms with Crippen molar-refractivity contribution in [3.8, 4) is 11.5 Å². The molecule has 0 atom stereocenters. The van der Waals surface area contributed by atoms with Crippen molar-refractivity contribution in [3.63, 3.8) is 0 Å². The number of benzene rings is 3. The average Bonchev–Trinajstić information content (AvgIpc) is 2.98. The van der Waals surface area contributed by atoms with E-state index in [1.165, 1.54) is 5.56 Å². The molecule has 0 spiro atoms. The Morgan fingerprint density at radius 2 is 1.62 bits per heavy atom. The zero-order valence-electron chi connectivity index (χ0n) is 18.3. The molecule has 0 saturated carbocycles. The fourth-order valence-electron chi connectivity index (χ4n) is 4.18. The number of nitrogens with zero attached hydrogens (tertiary/aromatic N) is 3. The van der Waals surface area contributed by atoms with Gasteiger partial charge in [-0.25, -0.2) is 9.79 Å². The molecule has 2 heterocycles. The van der Waals surface area contributed by atoms with Crippen LogP contribution in [0.2, 0.25) is 0 Å². The van der Waals surface area contributed by atoms with E-state index in [2.05, 4.69) is 23.2 Å². The lowest BCUT2D eigenvalue weighted by Crippen LogP contribution is -2.51. The molecular weight excluding hydrogens is 400 g/mol. The zero-order valence-corrected chi connectivity index (χ0v) is 18.3. The minimum absolute atomic E-state index is 0.0616. The Bertz CT molecular complexity index is 1200. The van der Waals surface area contributed by atoms with Gasteiger partial charge in [0.2, 0.25) is 0 Å². The fourth-order valence-corrected chi connectivity index (χ4v) is 4.18. The highest BCUT2D eigenvalue weighted by Gasteiger charge is 2.27. The van der Waals surface area contributed by atoms with Crippen LogP contribution in [0.25, 0.3) is 0 Å². The summed E-state index contributed by atoms with van der Waals surface area (Å²) in [7, 11) is 0. The highest BCUT2D eigenvalue weighted by Crippen LogP contribution is 2.37. The molecule has 162 valence electrons. The van der Waals surface area contributed by atoms with Gasteiger partial charge in [-0.15, -0.1) is 0 Å². The standard InChI is InChI=1S/C26H26N4O2/c1-18-11-12-21(19(2)17-18)28-26(31)30-15-13-29(14-16-30)25-20-7-3-5-9-23(20)32-24-10-6-4-8-22(24)27-25/h3-12,17H,13-16H2,1-2H3,(H,28,31). The molecule has 2 amide bonds. The number of fused-ring (bicyclic) bond motifs is 2. The van der Waals surface area contributed by atoms with Crippen LogP contribution in [0.5, 0.6) is 11.5 Å². The SMILES string of the molecule is Cc1ccc(NC(=O)N2CCN(C3=Nc4ccccc4Oc4ccccc43)CC2)c(C)c1. The second kappa shape index (κ2) is 8.38. The van der Waals surface area contributed by atoms with Gasteiger partial charge in [0.15, 0.2) is 5.75 Å². The van der Waals surface area contributed by atoms with Crippen LogP contribution in [-0.4, -0.2) is 47.8 Å². The first kappa shape index (κ1) is 20.1. The maximum absolute atomic E-state index is 12.9. The summed E-state index contributed by atoms with van der Waals surface area (Å²) in [5.41, 5.74) is 4.90. The number of aliphatic imine (C=N–C) groups is 1. The Hall–Kier alpha value is -3.80. The molecular formula is C26H26N4O2. The molecule has 5 rings (SSSR count). The van der Waals surface area contributed by atoms with Crippen LogP contribution in [0.15, 0.2) is 71.7 Å². The number of amidine groups is 1. The summed E-state index contributed by atoms with van der Waals surface area (Å²) in [4.78, 5) is 21.9. The number of anilines is 1. The van der Waals surface area contributed by atoms with E-state index in [9.17, 15) is 4.79 Å². The predicted octanol–water partition coefficient (Wildman–Crippen LogP) is 5.34. The van der Waals surface area contributed by atoms with Crippen molar-refractivity contribution in [2.45, 2.75) is 13.8 Å². The van der Waals surface area contributed by atoms with Gasteiger partial charge in [-0.05, 0) is 49.7 Å². The average molecular weight is 427 g/mol. The molecule has 1 saturated heterocycles. The summed E-state index contributed by atoms with van der Waals surface area (Å²) < 4.78 is 6.15. The van der Waals surface area contributed by atoms with Crippen LogP contribution in [-0.2, 0) is 0 Å². The maximum Gasteiger partial charge on any atom is 0.321 e. The molecule has 1 fully saturated rings. The van der Waals surface area contributed by atoms with Crippen LogP contribution in [0.4, 0.5) is 16.2 Å². The van der Waals surface area contributed by atoms with Gasteiger partial charge in [0.25, 0.3) is 0 Å². The monoisotopic (exact) mass is 426 g/mol. The zero-order chi connectivity index (χ0) is 22.1. The number of aryl methyl sites for hydroxylation is 2. The number of carbonyl (C=O) groups excluding carboxylic acids is 1. The van der Waals surface area contributed by atoms with Crippen LogP contribution in [0, 0.1) is 13.8 Å². The van der Waals surface area contributed by atoms with Crippen molar-refractivity contribution >= 4 is 23.2 Å². The number of rotatable bonds is 1. The summed E-state index contributed by atoms with van der Waals surface area (Å²) in [6.07, 6.45) is 0. The lowest BCUT2D eigenvalue weighted by molar-refractivity contribution is 0.181. The second-order valence-corrected chi connectivity index (χ2v) is 8.22. The number of para-hydroxylation sites is 3. The van der Waals surface area contributed by atoms with E-state index in [0.717, 1.165) is 39.8 Å². The van der Waals surface area contributed by atoms with Crippen molar-refractivity contribution in [2.75, 3.05) is 31.5 Å². The Morgan fingerprint density at radius 3 is 2.41 bits per heavy atom. The third kappa shape index (κ3) is 3.91. The topological polar surface area (TPSA) is 57.2 Å². The van der Waals surface area contributed by atoms with Gasteiger partial charge in [0.1, 0.15) is 17.3 Å². The van der Waals surface area contributed by atoms with Gasteiger partial charge in [0, 0.05) is 31.9 Å². The first-order chi connectivity index (χ1) is 15.6. The molecule has 6 heteroatoms. The smallest absolute Gasteiger partial charge is 0.321 e. The van der Waals surface area contributed by atoms with Crippen LogP contribution < -0.4 is 10.1 Å². The van der Waals surface area contributed by atoms with Gasteiger partial charge < -0.3 is 19.9 Å². The molecule has 2 aliphatic rings. The molecule has 0 bridgehead atoms. The predicted molar refractivity (Wildman–Crippen MR) is 127 cm³/mol. The third-order valence-corrected chi connectivity index (χ3v) is 5.93. The number of piperazine rings is 1. The largest absolute Gasteiger partial charge is 0.454 e. The molecule has 1 N–H and O–H groups in total. The molecule has 0 aliphatic carbocycles. The number of hydrogen-bond donors (Lipinski definition) is 1. The van der Waals surface area contributed by atoms with Gasteiger partial charge >= 0.3 is 6.03 Å². The van der Waals surface area contributed by atoms with Gasteiger partial charge in [-0.2, -0.15) is 0 Å². The van der Waals surface area contributed by atoms with E-state index < -0.39 is 0 Å². The Morgan fingerprint density at radius 1 is 0.906 bits per heavy atom. The summed E-state index contributed by atoms with van der Waals surface area (Å²) >= 11 is 0. The second-order valence-electron chi connectivity index (χ2n) is 8.22. The minimum atomic E-state index is -0.0616. The number of hydrogen-bond acceptors (Lipinski definition) is 4. The molecule has 32 heavy (non-hydrogen) atoms. The normalized spacial score (nSPS) is 15.1. The Kier molecular flexibility index (Phi) is 5.27. The van der Waals surface area contributed by atoms with E-state index in [1.807, 2.05) is 72.5 Å². The molecule has 3 aromatic carbocycles. The van der Waals surface area contributed by atoms with E-state index in [1.54, 1.807) is 0 Å². The van der Waals surface area contributed by atoms with Gasteiger partial charge in [0.05, 0.1) is 5.56 Å². The van der Waals surface area contributed by atoms with Crippen molar-refractivity contribution in [3.05, 3.63) is 83.4 Å². The first-order valence-corrected chi connectivity index (χ1v) is 10.9. The van der Waals surface area contributed by atoms with Crippen molar-refractivity contribution < 1.29 is 9.53 Å². The number of ether oxygens (including phenoxy) is 1. The number of urea groups is 1. The van der Waals surface area contributed by atoms with E-state index in [0.29, 0.717) is 26.2 Å². The van der Waals surface area contributed by atoms with Crippen LogP contribution in [0.1, 0.15) is 16.7 Å². The summed E-state index contributed by atoms with van der Waals surface area (Å²) in [5, 5.41) is 3.06.